The van der Waals surface area contributed by atoms with Crippen molar-refractivity contribution >= 4 is 61.7 Å². The van der Waals surface area contributed by atoms with Gasteiger partial charge >= 0.3 is 17.9 Å². The largest absolute Gasteiger partial charge is 0.449 e. The van der Waals surface area contributed by atoms with Crippen LogP contribution in [0.3, 0.4) is 0 Å². The Morgan fingerprint density at radius 2 is 1.97 bits per heavy atom. The van der Waals surface area contributed by atoms with Gasteiger partial charge in [0.1, 0.15) is 11.6 Å². The van der Waals surface area contributed by atoms with Gasteiger partial charge in [-0.15, -0.1) is 11.3 Å². The van der Waals surface area contributed by atoms with Crippen molar-refractivity contribution < 1.29 is 28.9 Å². The number of aromatic nitrogens is 1. The number of aromatic amines is 1. The summed E-state index contributed by atoms with van der Waals surface area (Å²) in [4.78, 5) is 30.6. The van der Waals surface area contributed by atoms with Gasteiger partial charge in [-0.3, -0.25) is 0 Å². The number of nitrogens with one attached hydrogen (secondary N) is 1. The number of ether oxygens (including phenoxy) is 3. The topological polar surface area (TPSA) is 101 Å². The Bertz CT molecular complexity index is 1510. The maximum atomic E-state index is 11.7. The van der Waals surface area contributed by atoms with E-state index in [-0.39, 0.29) is 6.04 Å². The highest BCUT2D eigenvalue weighted by atomic mass is 35.5. The molecule has 192 valence electrons. The first-order valence-corrected chi connectivity index (χ1v) is 13.3. The fraction of sp³-hybridized carbons (Fsp3) is 0.333. The van der Waals surface area contributed by atoms with E-state index in [0.717, 1.165) is 35.7 Å². The molecular formula is C27H25ClN2O6S. The zero-order chi connectivity index (χ0) is 25.9. The van der Waals surface area contributed by atoms with E-state index in [9.17, 15) is 14.7 Å². The monoisotopic (exact) mass is 540 g/mol. The second kappa shape index (κ2) is 8.93. The molecule has 0 spiro atoms. The van der Waals surface area contributed by atoms with E-state index in [1.807, 2.05) is 35.6 Å². The van der Waals surface area contributed by atoms with Gasteiger partial charge in [0.05, 0.1) is 5.52 Å². The van der Waals surface area contributed by atoms with Crippen molar-refractivity contribution in [1.29, 1.82) is 0 Å². The SMILES string of the molecule is C[C@H](O)C1(Oc2cccc3[nH]c(N4CC[C@H](c5cc6cc(Cl)ccc6s5)C[C@@H]4C)cc23)OC(=O)C(=O)O1. The Balaban J connectivity index is 1.24. The molecule has 2 N–H and O–H groups in total. The lowest BCUT2D eigenvalue weighted by molar-refractivity contribution is -0.313. The summed E-state index contributed by atoms with van der Waals surface area (Å²) in [5.41, 5.74) is 0.805. The third-order valence-electron chi connectivity index (χ3n) is 7.10. The van der Waals surface area contributed by atoms with E-state index in [2.05, 4.69) is 28.9 Å². The Kier molecular flexibility index (Phi) is 5.82. The van der Waals surface area contributed by atoms with Gasteiger partial charge in [0.25, 0.3) is 0 Å². The van der Waals surface area contributed by atoms with Gasteiger partial charge in [0, 0.05) is 32.6 Å². The summed E-state index contributed by atoms with van der Waals surface area (Å²) in [5, 5.41) is 12.9. The second-order valence-corrected chi connectivity index (χ2v) is 11.2. The average Bonchev–Trinajstić information content (AvgIpc) is 3.55. The number of hydrogen-bond donors (Lipinski definition) is 2. The summed E-state index contributed by atoms with van der Waals surface area (Å²) in [7, 11) is 0. The molecule has 10 heteroatoms. The number of piperidine rings is 1. The first kappa shape index (κ1) is 24.1. The van der Waals surface area contributed by atoms with Gasteiger partial charge in [-0.05, 0) is 80.5 Å². The third kappa shape index (κ3) is 4.21. The van der Waals surface area contributed by atoms with Gasteiger partial charge in [-0.1, -0.05) is 17.7 Å². The van der Waals surface area contributed by atoms with Crippen LogP contribution in [0.1, 0.15) is 37.5 Å². The standard InChI is InChI=1S/C27H25ClN2O6S/c1-14-10-16(23-12-17-11-18(28)6-7-22(17)37-23)8-9-30(14)24-13-19-20(29-24)4-3-5-21(19)34-27(15(2)31)35-25(32)26(33)36-27/h3-7,11-16,29,31H,8-10H2,1-2H3/t14-,15-,16-/m0/s1. The van der Waals surface area contributed by atoms with Crippen LogP contribution < -0.4 is 9.64 Å². The molecule has 0 unspecified atom stereocenters. The molecule has 37 heavy (non-hydrogen) atoms. The van der Waals surface area contributed by atoms with Crippen LogP contribution in [-0.4, -0.2) is 46.7 Å². The van der Waals surface area contributed by atoms with Crippen molar-refractivity contribution in [3.63, 3.8) is 0 Å². The van der Waals surface area contributed by atoms with Gasteiger partial charge in [0.2, 0.25) is 0 Å². The molecule has 0 saturated carbocycles. The van der Waals surface area contributed by atoms with E-state index in [4.69, 9.17) is 25.8 Å². The van der Waals surface area contributed by atoms with Crippen LogP contribution >= 0.6 is 22.9 Å². The lowest BCUT2D eigenvalue weighted by atomic mass is 9.90. The number of rotatable bonds is 5. The number of nitrogens with zero attached hydrogens (tertiary/aromatic N) is 1. The zero-order valence-corrected chi connectivity index (χ0v) is 21.8. The van der Waals surface area contributed by atoms with E-state index in [1.165, 1.54) is 21.9 Å². The molecule has 3 atom stereocenters. The second-order valence-electron chi connectivity index (χ2n) is 9.63. The predicted molar refractivity (Wildman–Crippen MR) is 141 cm³/mol. The minimum absolute atomic E-state index is 0.283. The molecule has 2 fully saturated rings. The molecule has 2 aromatic carbocycles. The molecule has 8 nitrogen and oxygen atoms in total. The number of aliphatic hydroxyl groups excluding tert-OH is 1. The van der Waals surface area contributed by atoms with E-state index < -0.39 is 24.0 Å². The van der Waals surface area contributed by atoms with Crippen LogP contribution in [0.5, 0.6) is 5.75 Å². The number of thiophene rings is 1. The van der Waals surface area contributed by atoms with Gasteiger partial charge in [0.15, 0.2) is 6.10 Å². The summed E-state index contributed by atoms with van der Waals surface area (Å²) in [6, 6.07) is 15.9. The Morgan fingerprint density at radius 1 is 1.19 bits per heavy atom. The van der Waals surface area contributed by atoms with Crippen molar-refractivity contribution in [3.8, 4) is 5.75 Å². The van der Waals surface area contributed by atoms with Crippen LogP contribution in [-0.2, 0) is 19.1 Å². The number of anilines is 1. The maximum Gasteiger partial charge on any atom is 0.449 e. The fourth-order valence-electron chi connectivity index (χ4n) is 5.19. The van der Waals surface area contributed by atoms with Crippen LogP contribution in [0.2, 0.25) is 5.02 Å². The number of carbonyl (C=O) groups excluding carboxylic acids is 2. The van der Waals surface area contributed by atoms with Gasteiger partial charge < -0.3 is 29.2 Å². The smallest absolute Gasteiger partial charge is 0.418 e. The molecule has 2 aliphatic heterocycles. The van der Waals surface area contributed by atoms with Crippen molar-refractivity contribution in [2.45, 2.75) is 50.7 Å². The maximum absolute atomic E-state index is 11.7. The Morgan fingerprint density at radius 3 is 2.70 bits per heavy atom. The minimum Gasteiger partial charge on any atom is -0.418 e. The Labute approximate surface area is 221 Å². The number of fused-ring (bicyclic) bond motifs is 2. The molecular weight excluding hydrogens is 516 g/mol. The zero-order valence-electron chi connectivity index (χ0n) is 20.2. The highest BCUT2D eigenvalue weighted by Gasteiger charge is 2.56. The summed E-state index contributed by atoms with van der Waals surface area (Å²) < 4.78 is 17.1. The van der Waals surface area contributed by atoms with E-state index >= 15 is 0 Å². The lowest BCUT2D eigenvalue weighted by Crippen LogP contribution is -2.47. The highest BCUT2D eigenvalue weighted by Crippen LogP contribution is 2.41. The van der Waals surface area contributed by atoms with Gasteiger partial charge in [-0.2, -0.15) is 0 Å². The van der Waals surface area contributed by atoms with Crippen LogP contribution in [0.25, 0.3) is 21.0 Å². The number of hydrogen-bond acceptors (Lipinski definition) is 8. The van der Waals surface area contributed by atoms with E-state index in [0.29, 0.717) is 17.1 Å². The lowest BCUT2D eigenvalue weighted by Gasteiger charge is -2.38. The van der Waals surface area contributed by atoms with Gasteiger partial charge in [-0.25, -0.2) is 9.59 Å². The molecule has 0 radical (unpaired) electrons. The summed E-state index contributed by atoms with van der Waals surface area (Å²) in [5.74, 6) is -2.91. The molecule has 2 aromatic heterocycles. The number of H-pyrrole nitrogens is 1. The highest BCUT2D eigenvalue weighted by molar-refractivity contribution is 7.19. The molecule has 4 heterocycles. The fourth-order valence-corrected chi connectivity index (χ4v) is 6.57. The average molecular weight is 541 g/mol. The van der Waals surface area contributed by atoms with Crippen molar-refractivity contribution in [2.24, 2.45) is 0 Å². The minimum atomic E-state index is -2.22. The summed E-state index contributed by atoms with van der Waals surface area (Å²) >= 11 is 8.02. The number of halogens is 1. The number of carbonyl (C=O) groups is 2. The molecule has 2 aliphatic rings. The number of aliphatic hydroxyl groups is 1. The molecule has 0 aliphatic carbocycles. The molecule has 4 aromatic rings. The molecule has 6 rings (SSSR count). The number of esters is 2. The normalized spacial score (nSPS) is 22.3. The molecule has 0 bridgehead atoms. The first-order chi connectivity index (χ1) is 17.7. The molecule has 2 saturated heterocycles. The van der Waals surface area contributed by atoms with Crippen molar-refractivity contribution in [2.75, 3.05) is 11.4 Å². The van der Waals surface area contributed by atoms with Crippen LogP contribution in [0, 0.1) is 0 Å². The van der Waals surface area contributed by atoms with E-state index in [1.54, 1.807) is 12.1 Å². The van der Waals surface area contributed by atoms with Crippen LogP contribution in [0.4, 0.5) is 5.82 Å². The van der Waals surface area contributed by atoms with Crippen molar-refractivity contribution in [1.82, 2.24) is 4.98 Å². The predicted octanol–water partition coefficient (Wildman–Crippen LogP) is 5.32. The number of cyclic esters (lactones) is 2. The first-order valence-electron chi connectivity index (χ1n) is 12.1. The summed E-state index contributed by atoms with van der Waals surface area (Å²) in [6.45, 7) is 4.42. The van der Waals surface area contributed by atoms with Crippen molar-refractivity contribution in [3.05, 3.63) is 58.4 Å². The quantitative estimate of drug-likeness (QED) is 0.261. The third-order valence-corrected chi connectivity index (χ3v) is 8.61. The Hall–Kier alpha value is -3.27. The molecule has 0 amide bonds. The summed E-state index contributed by atoms with van der Waals surface area (Å²) in [6.07, 6.45) is 0.623. The number of benzene rings is 2. The van der Waals surface area contributed by atoms with Crippen LogP contribution in [0.15, 0.2) is 48.5 Å².